The lowest BCUT2D eigenvalue weighted by atomic mass is 10.1. The Kier molecular flexibility index (Phi) is 5.53. The molecule has 0 spiro atoms. The molecule has 2 aromatic carbocycles. The molecule has 2 N–H and O–H groups in total. The zero-order valence-electron chi connectivity index (χ0n) is 15.7. The first-order valence-corrected chi connectivity index (χ1v) is 10.1. The molecule has 3 aromatic rings. The Morgan fingerprint density at radius 3 is 2.61 bits per heavy atom. The number of anilines is 1. The van der Waals surface area contributed by atoms with Gasteiger partial charge in [-0.1, -0.05) is 34.1 Å². The number of carboxylic acids is 1. The Morgan fingerprint density at radius 2 is 1.87 bits per heavy atom. The van der Waals surface area contributed by atoms with E-state index in [4.69, 9.17) is 21.7 Å². The number of carbonyl (C=O) groups excluding carboxylic acids is 2. The molecule has 7 nitrogen and oxygen atoms in total. The molecule has 4 rings (SSSR count). The van der Waals surface area contributed by atoms with Crippen LogP contribution in [0.4, 0.5) is 5.69 Å². The van der Waals surface area contributed by atoms with E-state index in [1.54, 1.807) is 48.5 Å². The van der Waals surface area contributed by atoms with Crippen molar-refractivity contribution in [2.45, 2.75) is 0 Å². The number of nitrogens with one attached hydrogen (secondary N) is 1. The third-order valence-corrected chi connectivity index (χ3v) is 5.25. The van der Waals surface area contributed by atoms with Crippen LogP contribution in [-0.2, 0) is 9.59 Å². The number of benzene rings is 2. The highest BCUT2D eigenvalue weighted by atomic mass is 79.9. The Morgan fingerprint density at radius 1 is 1.10 bits per heavy atom. The molecular weight excluding hydrogens is 484 g/mol. The van der Waals surface area contributed by atoms with Crippen LogP contribution in [0.15, 0.2) is 75.1 Å². The van der Waals surface area contributed by atoms with Crippen molar-refractivity contribution < 1.29 is 23.9 Å². The molecule has 1 aliphatic rings. The molecule has 1 aromatic heterocycles. The number of furan rings is 1. The fraction of sp³-hybridized carbons (Fsp3) is 0. The largest absolute Gasteiger partial charge is 0.478 e. The van der Waals surface area contributed by atoms with Gasteiger partial charge in [-0.25, -0.2) is 4.79 Å². The van der Waals surface area contributed by atoms with Gasteiger partial charge in [0.15, 0.2) is 5.11 Å². The van der Waals surface area contributed by atoms with Crippen molar-refractivity contribution in [1.29, 1.82) is 0 Å². The summed E-state index contributed by atoms with van der Waals surface area (Å²) in [6, 6.07) is 16.4. The molecular formula is C22H13BrN2O5S. The van der Waals surface area contributed by atoms with Gasteiger partial charge in [-0.2, -0.15) is 0 Å². The molecule has 2 amide bonds. The molecule has 0 saturated carbocycles. The number of hydrogen-bond donors (Lipinski definition) is 2. The van der Waals surface area contributed by atoms with Crippen LogP contribution in [0.2, 0.25) is 0 Å². The second kappa shape index (κ2) is 8.29. The van der Waals surface area contributed by atoms with Gasteiger partial charge >= 0.3 is 5.97 Å². The van der Waals surface area contributed by atoms with Gasteiger partial charge in [0, 0.05) is 10.0 Å². The predicted octanol–water partition coefficient (Wildman–Crippen LogP) is 4.24. The van der Waals surface area contributed by atoms with Gasteiger partial charge in [0.2, 0.25) is 0 Å². The van der Waals surface area contributed by atoms with Gasteiger partial charge in [0.25, 0.3) is 11.8 Å². The van der Waals surface area contributed by atoms with E-state index in [1.807, 2.05) is 0 Å². The number of halogens is 1. The first-order chi connectivity index (χ1) is 14.8. The average Bonchev–Trinajstić information content (AvgIpc) is 3.20. The van der Waals surface area contributed by atoms with Crippen LogP contribution in [0.25, 0.3) is 17.4 Å². The number of carbonyl (C=O) groups is 3. The molecule has 9 heteroatoms. The van der Waals surface area contributed by atoms with Crippen LogP contribution >= 0.6 is 28.1 Å². The summed E-state index contributed by atoms with van der Waals surface area (Å²) in [5, 5.41) is 11.6. The highest BCUT2D eigenvalue weighted by Crippen LogP contribution is 2.27. The van der Waals surface area contributed by atoms with E-state index in [0.29, 0.717) is 17.0 Å². The van der Waals surface area contributed by atoms with Crippen LogP contribution < -0.4 is 10.2 Å². The lowest BCUT2D eigenvalue weighted by Gasteiger charge is -2.28. The van der Waals surface area contributed by atoms with Gasteiger partial charge in [0.05, 0.1) is 11.3 Å². The van der Waals surface area contributed by atoms with Gasteiger partial charge in [0.1, 0.15) is 17.1 Å². The molecule has 1 saturated heterocycles. The second-order valence-corrected chi connectivity index (χ2v) is 7.83. The first-order valence-electron chi connectivity index (χ1n) is 8.94. The summed E-state index contributed by atoms with van der Waals surface area (Å²) in [5.74, 6) is -1.61. The SMILES string of the molecule is O=C1NC(=S)N(c2cccc(Br)c2)C(=O)/C1=C/c1ccc(-c2cccc(C(=O)O)c2)o1. The fourth-order valence-corrected chi connectivity index (χ4v) is 3.71. The maximum absolute atomic E-state index is 13.0. The van der Waals surface area contributed by atoms with Crippen LogP contribution in [0.1, 0.15) is 16.1 Å². The second-order valence-electron chi connectivity index (χ2n) is 6.53. The molecule has 2 heterocycles. The topological polar surface area (TPSA) is 99.9 Å². The number of amides is 2. The van der Waals surface area contributed by atoms with Crippen molar-refractivity contribution in [1.82, 2.24) is 5.32 Å². The van der Waals surface area contributed by atoms with Crippen LogP contribution in [0, 0.1) is 0 Å². The van der Waals surface area contributed by atoms with Gasteiger partial charge < -0.3 is 9.52 Å². The van der Waals surface area contributed by atoms with E-state index in [2.05, 4.69) is 21.2 Å². The van der Waals surface area contributed by atoms with Crippen molar-refractivity contribution in [3.63, 3.8) is 0 Å². The van der Waals surface area contributed by atoms with Crippen molar-refractivity contribution >= 4 is 62.8 Å². The maximum Gasteiger partial charge on any atom is 0.335 e. The normalized spacial score (nSPS) is 15.3. The molecule has 0 radical (unpaired) electrons. The summed E-state index contributed by atoms with van der Waals surface area (Å²) < 4.78 is 6.48. The van der Waals surface area contributed by atoms with E-state index >= 15 is 0 Å². The minimum Gasteiger partial charge on any atom is -0.478 e. The maximum atomic E-state index is 13.0. The molecule has 1 aliphatic heterocycles. The highest BCUT2D eigenvalue weighted by Gasteiger charge is 2.34. The molecule has 0 atom stereocenters. The average molecular weight is 497 g/mol. The Balaban J connectivity index is 1.67. The summed E-state index contributed by atoms with van der Waals surface area (Å²) in [6.07, 6.45) is 1.33. The van der Waals surface area contributed by atoms with E-state index < -0.39 is 17.8 Å². The van der Waals surface area contributed by atoms with Crippen LogP contribution in [0.5, 0.6) is 0 Å². The standard InChI is InChI=1S/C22H13BrN2O5S/c23-14-5-2-6-15(10-14)25-20(27)17(19(26)24-22(25)31)11-16-7-8-18(30-16)12-3-1-4-13(9-12)21(28)29/h1-11H,(H,28,29)(H,24,26,31)/b17-11+. The summed E-state index contributed by atoms with van der Waals surface area (Å²) in [4.78, 5) is 37.9. The summed E-state index contributed by atoms with van der Waals surface area (Å²) in [7, 11) is 0. The number of rotatable bonds is 4. The predicted molar refractivity (Wildman–Crippen MR) is 121 cm³/mol. The molecule has 1 fully saturated rings. The molecule has 31 heavy (non-hydrogen) atoms. The van der Waals surface area contributed by atoms with Crippen molar-refractivity contribution in [3.05, 3.63) is 82.0 Å². The molecule has 0 unspecified atom stereocenters. The smallest absolute Gasteiger partial charge is 0.335 e. The van der Waals surface area contributed by atoms with E-state index in [-0.39, 0.29) is 22.0 Å². The third kappa shape index (κ3) is 4.18. The molecule has 154 valence electrons. The Hall–Kier alpha value is -3.56. The fourth-order valence-electron chi connectivity index (χ4n) is 3.04. The third-order valence-electron chi connectivity index (χ3n) is 4.48. The summed E-state index contributed by atoms with van der Waals surface area (Å²) in [5.41, 5.74) is 1.03. The van der Waals surface area contributed by atoms with Crippen molar-refractivity contribution in [3.8, 4) is 11.3 Å². The van der Waals surface area contributed by atoms with Gasteiger partial charge in [-0.3, -0.25) is 19.8 Å². The number of thiocarbonyl (C=S) groups is 1. The number of nitrogens with zero attached hydrogens (tertiary/aromatic N) is 1. The van der Waals surface area contributed by atoms with Crippen LogP contribution in [0.3, 0.4) is 0 Å². The number of hydrogen-bond acceptors (Lipinski definition) is 5. The summed E-state index contributed by atoms with van der Waals surface area (Å²) >= 11 is 8.54. The van der Waals surface area contributed by atoms with Gasteiger partial charge in [-0.15, -0.1) is 0 Å². The number of carboxylic acid groups (broad SMARTS) is 1. The lowest BCUT2D eigenvalue weighted by molar-refractivity contribution is -0.122. The van der Waals surface area contributed by atoms with Crippen molar-refractivity contribution in [2.24, 2.45) is 0 Å². The van der Waals surface area contributed by atoms with E-state index in [0.717, 1.165) is 4.47 Å². The number of aromatic carboxylic acids is 1. The van der Waals surface area contributed by atoms with E-state index in [9.17, 15) is 14.4 Å². The van der Waals surface area contributed by atoms with E-state index in [1.165, 1.54) is 23.1 Å². The quantitative estimate of drug-likeness (QED) is 0.318. The zero-order chi connectivity index (χ0) is 22.1. The zero-order valence-corrected chi connectivity index (χ0v) is 18.1. The molecule has 0 bridgehead atoms. The van der Waals surface area contributed by atoms with Gasteiger partial charge in [-0.05, 0) is 60.8 Å². The first kappa shape index (κ1) is 20.7. The summed E-state index contributed by atoms with van der Waals surface area (Å²) in [6.45, 7) is 0. The highest BCUT2D eigenvalue weighted by molar-refractivity contribution is 9.10. The minimum atomic E-state index is -1.05. The lowest BCUT2D eigenvalue weighted by Crippen LogP contribution is -2.54. The van der Waals surface area contributed by atoms with Crippen molar-refractivity contribution in [2.75, 3.05) is 4.90 Å². The Labute approximate surface area is 190 Å². The van der Waals surface area contributed by atoms with Crippen LogP contribution in [-0.4, -0.2) is 28.0 Å². The minimum absolute atomic E-state index is 0.0177. The monoisotopic (exact) mass is 496 g/mol. The Bertz CT molecular complexity index is 1280. The molecule has 0 aliphatic carbocycles.